The molecule has 0 unspecified atom stereocenters. The molecule has 0 radical (unpaired) electrons. The van der Waals surface area contributed by atoms with Crippen LogP contribution >= 0.6 is 0 Å². The zero-order chi connectivity index (χ0) is 19.9. The van der Waals surface area contributed by atoms with Crippen molar-refractivity contribution in [2.45, 2.75) is 26.3 Å². The fraction of sp³-hybridized carbons (Fsp3) is 0.182. The van der Waals surface area contributed by atoms with Gasteiger partial charge in [-0.25, -0.2) is 15.0 Å². The molecule has 6 nitrogen and oxygen atoms in total. The van der Waals surface area contributed by atoms with Gasteiger partial charge in [-0.15, -0.1) is 0 Å². The highest BCUT2D eigenvalue weighted by molar-refractivity contribution is 6.11. The van der Waals surface area contributed by atoms with E-state index in [1.165, 1.54) is 6.33 Å². The second kappa shape index (κ2) is 6.65. The molecular formula is C22H21N5O. The molecule has 0 fully saturated rings. The molecule has 28 heavy (non-hydrogen) atoms. The summed E-state index contributed by atoms with van der Waals surface area (Å²) < 4.78 is 0. The summed E-state index contributed by atoms with van der Waals surface area (Å²) in [5.74, 6) is 0.487. The third-order valence-corrected chi connectivity index (χ3v) is 4.58. The Labute approximate surface area is 162 Å². The van der Waals surface area contributed by atoms with Gasteiger partial charge >= 0.3 is 0 Å². The third kappa shape index (κ3) is 3.30. The second-order valence-electron chi connectivity index (χ2n) is 7.52. The van der Waals surface area contributed by atoms with E-state index in [1.54, 1.807) is 32.2 Å². The number of pyridine rings is 1. The van der Waals surface area contributed by atoms with Crippen molar-refractivity contribution in [2.24, 2.45) is 5.73 Å². The number of nitrogens with two attached hydrogens (primary N) is 1. The lowest BCUT2D eigenvalue weighted by molar-refractivity contribution is 0.0913. The minimum atomic E-state index is -0.948. The molecule has 0 saturated carbocycles. The van der Waals surface area contributed by atoms with E-state index in [0.717, 1.165) is 27.5 Å². The van der Waals surface area contributed by atoms with Gasteiger partial charge in [-0.3, -0.25) is 4.79 Å². The Bertz CT molecular complexity index is 1210. The molecule has 4 aromatic rings. The van der Waals surface area contributed by atoms with E-state index in [9.17, 15) is 4.79 Å². The number of carbonyl (C=O) groups is 1. The largest absolute Gasteiger partial charge is 0.338 e. The van der Waals surface area contributed by atoms with E-state index in [4.69, 9.17) is 10.7 Å². The molecule has 0 spiro atoms. The quantitative estimate of drug-likeness (QED) is 0.413. The number of hydrogen-bond acceptors (Lipinski definition) is 6. The van der Waals surface area contributed by atoms with E-state index in [0.29, 0.717) is 16.9 Å². The molecule has 4 rings (SSSR count). The molecule has 0 bridgehead atoms. The van der Waals surface area contributed by atoms with E-state index >= 15 is 0 Å². The van der Waals surface area contributed by atoms with Crippen molar-refractivity contribution in [1.82, 2.24) is 15.0 Å². The van der Waals surface area contributed by atoms with E-state index in [1.807, 2.05) is 37.3 Å². The highest BCUT2D eigenvalue weighted by Crippen LogP contribution is 2.30. The van der Waals surface area contributed by atoms with Crippen LogP contribution in [0.5, 0.6) is 0 Å². The molecule has 140 valence electrons. The van der Waals surface area contributed by atoms with Crippen molar-refractivity contribution in [3.63, 3.8) is 0 Å². The zero-order valence-electron chi connectivity index (χ0n) is 16.0. The average molecular weight is 371 g/mol. The Hall–Kier alpha value is -3.38. The summed E-state index contributed by atoms with van der Waals surface area (Å²) in [4.78, 5) is 25.9. The number of anilines is 2. The van der Waals surface area contributed by atoms with Crippen LogP contribution in [0, 0.1) is 6.92 Å². The summed E-state index contributed by atoms with van der Waals surface area (Å²) in [6.07, 6.45) is 3.27. The minimum absolute atomic E-state index is 0.131. The first-order chi connectivity index (χ1) is 13.3. The van der Waals surface area contributed by atoms with Crippen LogP contribution in [0.15, 0.2) is 55.0 Å². The molecular weight excluding hydrogens is 350 g/mol. The van der Waals surface area contributed by atoms with Crippen molar-refractivity contribution in [3.8, 4) is 0 Å². The van der Waals surface area contributed by atoms with Gasteiger partial charge in [-0.05, 0) is 44.5 Å². The van der Waals surface area contributed by atoms with Crippen molar-refractivity contribution in [3.05, 3.63) is 66.1 Å². The van der Waals surface area contributed by atoms with Crippen LogP contribution in [-0.2, 0) is 0 Å². The van der Waals surface area contributed by atoms with Gasteiger partial charge in [0.15, 0.2) is 11.6 Å². The van der Waals surface area contributed by atoms with Gasteiger partial charge in [0.25, 0.3) is 0 Å². The maximum Gasteiger partial charge on any atom is 0.182 e. The molecule has 0 amide bonds. The predicted molar refractivity (Wildman–Crippen MR) is 112 cm³/mol. The van der Waals surface area contributed by atoms with Crippen LogP contribution in [-0.4, -0.2) is 26.3 Å². The maximum atomic E-state index is 12.6. The number of aryl methyl sites for hydroxylation is 1. The van der Waals surface area contributed by atoms with E-state index < -0.39 is 5.54 Å². The number of Topliss-reactive ketones (excluding diaryl/α,β-unsaturated/α-hetero) is 1. The standard InChI is InChI=1S/C22H21N5O/c1-13-5-4-6-15(9-13)26-21-19-17(11-24-12-25-19)16-8-7-14(10-18(16)27-21)20(28)22(2,3)23/h4-12H,23H2,1-3H3,(H,26,27). The Morgan fingerprint density at radius 3 is 2.68 bits per heavy atom. The number of carbonyl (C=O) groups excluding carboxylic acids is 1. The molecule has 2 aromatic heterocycles. The molecule has 0 aliphatic heterocycles. The van der Waals surface area contributed by atoms with Gasteiger partial charge in [0, 0.05) is 28.2 Å². The van der Waals surface area contributed by atoms with Crippen LogP contribution in [0.4, 0.5) is 11.5 Å². The van der Waals surface area contributed by atoms with Crippen molar-refractivity contribution in [2.75, 3.05) is 5.32 Å². The SMILES string of the molecule is Cc1cccc(Nc2nc3cc(C(=O)C(C)(C)N)ccc3c3cncnc23)c1. The van der Waals surface area contributed by atoms with Crippen LogP contribution in [0.3, 0.4) is 0 Å². The number of nitrogens with one attached hydrogen (secondary N) is 1. The van der Waals surface area contributed by atoms with Gasteiger partial charge in [-0.1, -0.05) is 24.3 Å². The van der Waals surface area contributed by atoms with E-state index in [-0.39, 0.29) is 5.78 Å². The number of ketones is 1. The predicted octanol–water partition coefficient (Wildman–Crippen LogP) is 4.15. The van der Waals surface area contributed by atoms with Gasteiger partial charge < -0.3 is 11.1 Å². The third-order valence-electron chi connectivity index (χ3n) is 4.58. The second-order valence-corrected chi connectivity index (χ2v) is 7.52. The number of rotatable bonds is 4. The first-order valence-corrected chi connectivity index (χ1v) is 9.04. The molecule has 0 saturated heterocycles. The Morgan fingerprint density at radius 2 is 1.93 bits per heavy atom. The molecule has 2 aromatic carbocycles. The van der Waals surface area contributed by atoms with Crippen LogP contribution in [0.2, 0.25) is 0 Å². The average Bonchev–Trinajstić information content (AvgIpc) is 2.66. The molecule has 2 heterocycles. The fourth-order valence-corrected chi connectivity index (χ4v) is 3.20. The van der Waals surface area contributed by atoms with Gasteiger partial charge in [-0.2, -0.15) is 0 Å². The number of hydrogen-bond donors (Lipinski definition) is 2. The number of aromatic nitrogens is 3. The highest BCUT2D eigenvalue weighted by atomic mass is 16.1. The summed E-state index contributed by atoms with van der Waals surface area (Å²) in [6.45, 7) is 5.43. The van der Waals surface area contributed by atoms with Gasteiger partial charge in [0.05, 0.1) is 11.1 Å². The lowest BCUT2D eigenvalue weighted by Gasteiger charge is -2.17. The first kappa shape index (κ1) is 18.0. The smallest absolute Gasteiger partial charge is 0.182 e. The number of nitrogens with zero attached hydrogens (tertiary/aromatic N) is 3. The molecule has 6 heteroatoms. The maximum absolute atomic E-state index is 12.6. The fourth-order valence-electron chi connectivity index (χ4n) is 3.20. The Morgan fingerprint density at radius 1 is 1.11 bits per heavy atom. The zero-order valence-corrected chi connectivity index (χ0v) is 16.0. The normalized spacial score (nSPS) is 11.7. The van der Waals surface area contributed by atoms with Crippen LogP contribution in [0.25, 0.3) is 21.8 Å². The summed E-state index contributed by atoms with van der Waals surface area (Å²) in [5.41, 5.74) is 9.05. The van der Waals surface area contributed by atoms with Crippen molar-refractivity contribution >= 4 is 39.1 Å². The molecule has 3 N–H and O–H groups in total. The summed E-state index contributed by atoms with van der Waals surface area (Å²) in [6, 6.07) is 13.5. The topological polar surface area (TPSA) is 93.8 Å². The highest BCUT2D eigenvalue weighted by Gasteiger charge is 2.24. The summed E-state index contributed by atoms with van der Waals surface area (Å²) in [5, 5.41) is 5.10. The van der Waals surface area contributed by atoms with Crippen LogP contribution in [0.1, 0.15) is 29.8 Å². The van der Waals surface area contributed by atoms with Gasteiger partial charge in [0.2, 0.25) is 0 Å². The van der Waals surface area contributed by atoms with Crippen molar-refractivity contribution < 1.29 is 4.79 Å². The monoisotopic (exact) mass is 371 g/mol. The minimum Gasteiger partial charge on any atom is -0.338 e. The molecule has 0 aliphatic rings. The first-order valence-electron chi connectivity index (χ1n) is 9.04. The lowest BCUT2D eigenvalue weighted by atomic mass is 9.93. The Balaban J connectivity index is 1.91. The van der Waals surface area contributed by atoms with Gasteiger partial charge in [0.1, 0.15) is 11.8 Å². The summed E-state index contributed by atoms with van der Waals surface area (Å²) in [7, 11) is 0. The van der Waals surface area contributed by atoms with Crippen molar-refractivity contribution in [1.29, 1.82) is 0 Å². The Kier molecular flexibility index (Phi) is 4.28. The molecule has 0 aliphatic carbocycles. The summed E-state index contributed by atoms with van der Waals surface area (Å²) >= 11 is 0. The molecule has 0 atom stereocenters. The lowest BCUT2D eigenvalue weighted by Crippen LogP contribution is -2.41. The number of fused-ring (bicyclic) bond motifs is 3. The van der Waals surface area contributed by atoms with Crippen LogP contribution < -0.4 is 11.1 Å². The van der Waals surface area contributed by atoms with E-state index in [2.05, 4.69) is 15.3 Å². The number of benzene rings is 2.